The molecule has 9 heteroatoms. The van der Waals surface area contributed by atoms with Crippen LogP contribution in [0, 0.1) is 5.82 Å². The number of benzene rings is 1. The van der Waals surface area contributed by atoms with Crippen LogP contribution in [0.2, 0.25) is 0 Å². The van der Waals surface area contributed by atoms with Crippen molar-refractivity contribution in [3.8, 4) is 0 Å². The number of anilines is 1. The molecule has 0 radical (unpaired) electrons. The zero-order chi connectivity index (χ0) is 15.6. The van der Waals surface area contributed by atoms with Gasteiger partial charge in [0.15, 0.2) is 0 Å². The number of amides is 1. The van der Waals surface area contributed by atoms with Gasteiger partial charge in [0.05, 0.1) is 10.2 Å². The van der Waals surface area contributed by atoms with Crippen LogP contribution in [0.25, 0.3) is 0 Å². The van der Waals surface area contributed by atoms with Crippen molar-refractivity contribution in [2.45, 2.75) is 5.16 Å². The summed E-state index contributed by atoms with van der Waals surface area (Å²) in [5.41, 5.74) is -0.234. The summed E-state index contributed by atoms with van der Waals surface area (Å²) in [6, 6.07) is 5.59. The summed E-state index contributed by atoms with van der Waals surface area (Å²) in [6.45, 7) is 0. The van der Waals surface area contributed by atoms with Crippen LogP contribution in [0.15, 0.2) is 40.1 Å². The fourth-order valence-corrected chi connectivity index (χ4v) is 2.31. The Balaban J connectivity index is 2.38. The van der Waals surface area contributed by atoms with Crippen LogP contribution in [0.1, 0.15) is 10.5 Å². The number of rotatable bonds is 3. The minimum atomic E-state index is -3.65. The summed E-state index contributed by atoms with van der Waals surface area (Å²) >= 11 is 3.06. The minimum absolute atomic E-state index is 0.0334. The number of nitrogens with zero attached hydrogens (tertiary/aromatic N) is 2. The maximum atomic E-state index is 13.5. The van der Waals surface area contributed by atoms with Gasteiger partial charge in [0.1, 0.15) is 11.5 Å². The number of hydrogen-bond acceptors (Lipinski definition) is 5. The van der Waals surface area contributed by atoms with E-state index in [4.69, 9.17) is 0 Å². The van der Waals surface area contributed by atoms with Crippen LogP contribution in [0.4, 0.5) is 10.1 Å². The first-order valence-electron chi connectivity index (χ1n) is 5.57. The molecule has 2 aromatic rings. The van der Waals surface area contributed by atoms with Gasteiger partial charge in [0.2, 0.25) is 15.0 Å². The van der Waals surface area contributed by atoms with E-state index >= 15 is 0 Å². The minimum Gasteiger partial charge on any atom is -0.318 e. The van der Waals surface area contributed by atoms with Crippen LogP contribution in [-0.2, 0) is 9.84 Å². The fourth-order valence-electron chi connectivity index (χ4n) is 1.43. The van der Waals surface area contributed by atoms with Crippen molar-refractivity contribution in [2.24, 2.45) is 0 Å². The maximum Gasteiger partial charge on any atom is 0.275 e. The molecule has 110 valence electrons. The molecule has 0 saturated carbocycles. The molecule has 1 N–H and O–H groups in total. The van der Waals surface area contributed by atoms with Crippen LogP contribution < -0.4 is 5.32 Å². The lowest BCUT2D eigenvalue weighted by atomic mass is 10.3. The quantitative estimate of drug-likeness (QED) is 0.831. The Hall–Kier alpha value is -1.87. The van der Waals surface area contributed by atoms with Gasteiger partial charge in [-0.1, -0.05) is 12.1 Å². The monoisotopic (exact) mass is 373 g/mol. The molecule has 6 nitrogen and oxygen atoms in total. The number of hydrogen-bond donors (Lipinski definition) is 1. The van der Waals surface area contributed by atoms with E-state index in [1.165, 1.54) is 18.2 Å². The number of sulfone groups is 1. The Kier molecular flexibility index (Phi) is 4.33. The first kappa shape index (κ1) is 15.5. The molecule has 21 heavy (non-hydrogen) atoms. The maximum absolute atomic E-state index is 13.5. The van der Waals surface area contributed by atoms with Gasteiger partial charge in [0, 0.05) is 12.5 Å². The number of nitrogens with one attached hydrogen (secondary N) is 1. The summed E-state index contributed by atoms with van der Waals surface area (Å²) in [7, 11) is -3.65. The molecule has 0 aliphatic rings. The molecule has 0 spiro atoms. The SMILES string of the molecule is CS(=O)(=O)c1ncc(Br)c(C(=O)Nc2ccccc2F)n1. The Labute approximate surface area is 128 Å². The summed E-state index contributed by atoms with van der Waals surface area (Å²) in [6.07, 6.45) is 2.08. The van der Waals surface area contributed by atoms with E-state index in [0.29, 0.717) is 0 Å². The molecule has 0 unspecified atom stereocenters. The van der Waals surface area contributed by atoms with Crippen molar-refractivity contribution in [3.05, 3.63) is 46.4 Å². The van der Waals surface area contributed by atoms with E-state index in [1.807, 2.05) is 0 Å². The lowest BCUT2D eigenvalue weighted by Crippen LogP contribution is -2.17. The lowest BCUT2D eigenvalue weighted by Gasteiger charge is -2.07. The largest absolute Gasteiger partial charge is 0.318 e. The van der Waals surface area contributed by atoms with Crippen molar-refractivity contribution in [1.29, 1.82) is 0 Å². The average molecular weight is 374 g/mol. The third kappa shape index (κ3) is 3.61. The van der Waals surface area contributed by atoms with Crippen LogP contribution in [-0.4, -0.2) is 30.5 Å². The molecule has 0 atom stereocenters. The van der Waals surface area contributed by atoms with Crippen molar-refractivity contribution in [1.82, 2.24) is 9.97 Å². The van der Waals surface area contributed by atoms with E-state index in [0.717, 1.165) is 12.5 Å². The van der Waals surface area contributed by atoms with E-state index in [2.05, 4.69) is 31.2 Å². The second-order valence-electron chi connectivity index (χ2n) is 4.06. The van der Waals surface area contributed by atoms with Crippen molar-refractivity contribution >= 4 is 37.4 Å². The molecule has 0 fully saturated rings. The molecule has 0 aliphatic heterocycles. The predicted octanol–water partition coefficient (Wildman–Crippen LogP) is 2.03. The molecule has 1 aromatic heterocycles. The van der Waals surface area contributed by atoms with Gasteiger partial charge >= 0.3 is 0 Å². The van der Waals surface area contributed by atoms with Crippen LogP contribution in [0.3, 0.4) is 0 Å². The Bertz CT molecular complexity index is 811. The Morgan fingerprint density at radius 1 is 1.33 bits per heavy atom. The zero-order valence-electron chi connectivity index (χ0n) is 10.7. The number of aromatic nitrogens is 2. The van der Waals surface area contributed by atoms with Gasteiger partial charge in [-0.2, -0.15) is 0 Å². The van der Waals surface area contributed by atoms with E-state index < -0.39 is 26.7 Å². The average Bonchev–Trinajstić information content (AvgIpc) is 2.40. The first-order valence-corrected chi connectivity index (χ1v) is 8.26. The summed E-state index contributed by atoms with van der Waals surface area (Å²) in [5.74, 6) is -1.36. The molecular weight excluding hydrogens is 365 g/mol. The Morgan fingerprint density at radius 3 is 2.62 bits per heavy atom. The van der Waals surface area contributed by atoms with Gasteiger partial charge < -0.3 is 5.32 Å². The lowest BCUT2D eigenvalue weighted by molar-refractivity contribution is 0.102. The van der Waals surface area contributed by atoms with E-state index in [1.54, 1.807) is 6.07 Å². The second kappa shape index (κ2) is 5.86. The highest BCUT2D eigenvalue weighted by atomic mass is 79.9. The molecule has 2 rings (SSSR count). The van der Waals surface area contributed by atoms with E-state index in [-0.39, 0.29) is 15.9 Å². The van der Waals surface area contributed by atoms with Crippen molar-refractivity contribution < 1.29 is 17.6 Å². The molecule has 1 heterocycles. The molecule has 1 amide bonds. The second-order valence-corrected chi connectivity index (χ2v) is 6.82. The van der Waals surface area contributed by atoms with Crippen LogP contribution >= 0.6 is 15.9 Å². The highest BCUT2D eigenvalue weighted by Gasteiger charge is 2.19. The highest BCUT2D eigenvalue weighted by molar-refractivity contribution is 9.10. The zero-order valence-corrected chi connectivity index (χ0v) is 13.1. The number of para-hydroxylation sites is 1. The van der Waals surface area contributed by atoms with Gasteiger partial charge in [-0.05, 0) is 28.1 Å². The number of carbonyl (C=O) groups is 1. The molecular formula is C12H9BrFN3O3S. The molecule has 1 aromatic carbocycles. The van der Waals surface area contributed by atoms with Crippen molar-refractivity contribution in [3.63, 3.8) is 0 Å². The number of halogens is 2. The molecule has 0 saturated heterocycles. The normalized spacial score (nSPS) is 11.2. The standard InChI is InChI=1S/C12H9BrFN3O3S/c1-21(19,20)12-15-6-7(13)10(17-12)11(18)16-9-5-3-2-4-8(9)14/h2-6H,1H3,(H,16,18). The highest BCUT2D eigenvalue weighted by Crippen LogP contribution is 2.18. The van der Waals surface area contributed by atoms with Gasteiger partial charge in [-0.25, -0.2) is 22.8 Å². The number of carbonyl (C=O) groups excluding carboxylic acids is 1. The third-order valence-electron chi connectivity index (χ3n) is 2.39. The van der Waals surface area contributed by atoms with Gasteiger partial charge in [-0.15, -0.1) is 0 Å². The summed E-state index contributed by atoms with van der Waals surface area (Å²) < 4.78 is 36.5. The summed E-state index contributed by atoms with van der Waals surface area (Å²) in [4.78, 5) is 19.4. The third-order valence-corrected chi connectivity index (χ3v) is 3.83. The van der Waals surface area contributed by atoms with Gasteiger partial charge in [-0.3, -0.25) is 4.79 Å². The van der Waals surface area contributed by atoms with Crippen LogP contribution in [0.5, 0.6) is 0 Å². The van der Waals surface area contributed by atoms with Gasteiger partial charge in [0.25, 0.3) is 5.91 Å². The predicted molar refractivity (Wildman–Crippen MR) is 77.2 cm³/mol. The smallest absolute Gasteiger partial charge is 0.275 e. The fraction of sp³-hybridized carbons (Fsp3) is 0.0833. The van der Waals surface area contributed by atoms with Crippen molar-refractivity contribution in [2.75, 3.05) is 11.6 Å². The Morgan fingerprint density at radius 2 is 2.00 bits per heavy atom. The topological polar surface area (TPSA) is 89.0 Å². The first-order chi connectivity index (χ1) is 9.79. The molecule has 0 bridgehead atoms. The van der Waals surface area contributed by atoms with E-state index in [9.17, 15) is 17.6 Å². The summed E-state index contributed by atoms with van der Waals surface area (Å²) in [5, 5.41) is 1.83. The molecule has 0 aliphatic carbocycles.